The molecule has 5 aromatic rings. The summed E-state index contributed by atoms with van der Waals surface area (Å²) < 4.78 is 0. The van der Waals surface area contributed by atoms with Crippen molar-refractivity contribution in [3.63, 3.8) is 0 Å². The van der Waals surface area contributed by atoms with Crippen LogP contribution in [0.15, 0.2) is 60.9 Å². The zero-order valence-corrected chi connectivity index (χ0v) is 11.6. The Bertz CT molecular complexity index is 1090. The summed E-state index contributed by atoms with van der Waals surface area (Å²) in [7, 11) is 0. The topological polar surface area (TPSA) is 51.6 Å². The van der Waals surface area contributed by atoms with Crippen molar-refractivity contribution in [3.8, 4) is 0 Å². The third kappa shape index (κ3) is 1.46. The predicted molar refractivity (Wildman–Crippen MR) is 87.6 cm³/mol. The lowest BCUT2D eigenvalue weighted by molar-refractivity contribution is 1.04. The molecule has 0 bridgehead atoms. The van der Waals surface area contributed by atoms with E-state index < -0.39 is 0 Å². The van der Waals surface area contributed by atoms with Gasteiger partial charge in [0.25, 0.3) is 0 Å². The van der Waals surface area contributed by atoms with E-state index in [0.29, 0.717) is 0 Å². The van der Waals surface area contributed by atoms with Crippen LogP contribution in [0.2, 0.25) is 0 Å². The zero-order valence-electron chi connectivity index (χ0n) is 11.6. The smallest absolute Gasteiger partial charge is 0.111 e. The second-order valence-corrected chi connectivity index (χ2v) is 5.27. The summed E-state index contributed by atoms with van der Waals surface area (Å²) in [5.74, 6) is 0. The van der Waals surface area contributed by atoms with Crippen LogP contribution >= 0.6 is 0 Å². The highest BCUT2D eigenvalue weighted by atomic mass is 15.1. The first-order valence-electron chi connectivity index (χ1n) is 7.09. The molecular weight excluding hydrogens is 272 g/mol. The van der Waals surface area contributed by atoms with Gasteiger partial charge in [-0.05, 0) is 10.8 Å². The minimum atomic E-state index is 0.767. The number of hydrogen-bond acceptors (Lipinski definition) is 4. The van der Waals surface area contributed by atoms with Crippen molar-refractivity contribution in [1.82, 2.24) is 20.2 Å². The van der Waals surface area contributed by atoms with Crippen molar-refractivity contribution in [2.75, 3.05) is 0 Å². The summed E-state index contributed by atoms with van der Waals surface area (Å²) in [5, 5.41) is 12.4. The second kappa shape index (κ2) is 4.18. The zero-order chi connectivity index (χ0) is 14.5. The number of fused-ring (bicyclic) bond motifs is 7. The van der Waals surface area contributed by atoms with Crippen molar-refractivity contribution in [1.29, 1.82) is 0 Å². The van der Waals surface area contributed by atoms with Gasteiger partial charge < -0.3 is 0 Å². The molecular formula is C18H10N4. The molecule has 0 radical (unpaired) electrons. The van der Waals surface area contributed by atoms with Gasteiger partial charge in [0.1, 0.15) is 11.0 Å². The van der Waals surface area contributed by atoms with Gasteiger partial charge in [-0.2, -0.15) is 10.2 Å². The van der Waals surface area contributed by atoms with Crippen LogP contribution < -0.4 is 0 Å². The van der Waals surface area contributed by atoms with Crippen molar-refractivity contribution in [3.05, 3.63) is 60.9 Å². The van der Waals surface area contributed by atoms with Gasteiger partial charge in [-0.3, -0.25) is 0 Å². The lowest BCUT2D eigenvalue weighted by Crippen LogP contribution is -1.92. The molecule has 0 aliphatic rings. The van der Waals surface area contributed by atoms with Gasteiger partial charge >= 0.3 is 0 Å². The highest BCUT2D eigenvalue weighted by Crippen LogP contribution is 2.33. The van der Waals surface area contributed by atoms with Crippen molar-refractivity contribution in [2.24, 2.45) is 0 Å². The molecule has 2 aromatic heterocycles. The van der Waals surface area contributed by atoms with Crippen molar-refractivity contribution >= 4 is 43.6 Å². The van der Waals surface area contributed by atoms with Crippen molar-refractivity contribution in [2.45, 2.75) is 0 Å². The third-order valence-corrected chi connectivity index (χ3v) is 4.03. The average molecular weight is 282 g/mol. The number of hydrogen-bond donors (Lipinski definition) is 0. The third-order valence-electron chi connectivity index (χ3n) is 4.03. The molecule has 0 fully saturated rings. The molecule has 0 spiro atoms. The van der Waals surface area contributed by atoms with E-state index in [1.54, 1.807) is 12.4 Å². The van der Waals surface area contributed by atoms with Gasteiger partial charge in [-0.1, -0.05) is 48.5 Å². The largest absolute Gasteiger partial charge is 0.242 e. The molecule has 102 valence electrons. The summed E-state index contributed by atoms with van der Waals surface area (Å²) in [5.41, 5.74) is 3.36. The van der Waals surface area contributed by atoms with E-state index in [0.717, 1.165) is 32.8 Å². The van der Waals surface area contributed by atoms with Gasteiger partial charge in [0.2, 0.25) is 0 Å². The fraction of sp³-hybridized carbons (Fsp3) is 0. The van der Waals surface area contributed by atoms with Crippen LogP contribution in [0.3, 0.4) is 0 Å². The Morgan fingerprint density at radius 1 is 0.500 bits per heavy atom. The molecule has 0 aliphatic heterocycles. The van der Waals surface area contributed by atoms with Crippen LogP contribution in [0.4, 0.5) is 0 Å². The van der Waals surface area contributed by atoms with Crippen molar-refractivity contribution < 1.29 is 0 Å². The normalized spacial score (nSPS) is 11.6. The highest BCUT2D eigenvalue weighted by molar-refractivity contribution is 6.23. The maximum Gasteiger partial charge on any atom is 0.111 e. The Morgan fingerprint density at radius 3 is 1.36 bits per heavy atom. The van der Waals surface area contributed by atoms with E-state index in [4.69, 9.17) is 9.97 Å². The summed E-state index contributed by atoms with van der Waals surface area (Å²) in [6.07, 6.45) is 3.32. The Kier molecular flexibility index (Phi) is 2.19. The number of benzene rings is 3. The first-order valence-corrected chi connectivity index (χ1v) is 7.09. The van der Waals surface area contributed by atoms with E-state index in [1.165, 1.54) is 10.8 Å². The molecule has 2 heterocycles. The number of aromatic nitrogens is 4. The molecule has 22 heavy (non-hydrogen) atoms. The van der Waals surface area contributed by atoms with Gasteiger partial charge in [0.15, 0.2) is 0 Å². The van der Waals surface area contributed by atoms with Gasteiger partial charge in [-0.15, -0.1) is 0 Å². The van der Waals surface area contributed by atoms with E-state index in [-0.39, 0.29) is 0 Å². The molecule has 0 saturated heterocycles. The number of rotatable bonds is 0. The molecule has 0 N–H and O–H groups in total. The molecule has 0 amide bonds. The standard InChI is InChI=1S/C18H10N4/c1-3-7-13-11(5-1)12-6-2-4-8-14(12)18-17(13)21-15-9-19-20-10-16(15)22-18/h1-10H. The van der Waals surface area contributed by atoms with E-state index >= 15 is 0 Å². The molecule has 0 atom stereocenters. The maximum atomic E-state index is 4.79. The first-order chi connectivity index (χ1) is 10.9. The summed E-state index contributed by atoms with van der Waals surface area (Å²) in [6, 6.07) is 16.6. The van der Waals surface area contributed by atoms with Gasteiger partial charge in [-0.25, -0.2) is 9.97 Å². The molecule has 4 nitrogen and oxygen atoms in total. The van der Waals surface area contributed by atoms with Crippen LogP contribution in [0.5, 0.6) is 0 Å². The van der Waals surface area contributed by atoms with Gasteiger partial charge in [0.05, 0.1) is 23.4 Å². The van der Waals surface area contributed by atoms with Crippen LogP contribution in [0.1, 0.15) is 0 Å². The van der Waals surface area contributed by atoms with E-state index in [2.05, 4.69) is 46.6 Å². The lowest BCUT2D eigenvalue weighted by atomic mass is 9.99. The van der Waals surface area contributed by atoms with Gasteiger partial charge in [0, 0.05) is 10.8 Å². The van der Waals surface area contributed by atoms with E-state index in [9.17, 15) is 0 Å². The monoisotopic (exact) mass is 282 g/mol. The Balaban J connectivity index is 2.17. The Morgan fingerprint density at radius 2 is 0.909 bits per heavy atom. The molecule has 0 unspecified atom stereocenters. The fourth-order valence-corrected chi connectivity index (χ4v) is 3.05. The van der Waals surface area contributed by atoms with Crippen LogP contribution in [-0.4, -0.2) is 20.2 Å². The molecule has 0 aliphatic carbocycles. The predicted octanol–water partition coefficient (Wildman–Crippen LogP) is 3.88. The Hall–Kier alpha value is -3.14. The Labute approximate surface area is 125 Å². The lowest BCUT2D eigenvalue weighted by Gasteiger charge is -2.09. The van der Waals surface area contributed by atoms with Crippen LogP contribution in [-0.2, 0) is 0 Å². The average Bonchev–Trinajstić information content (AvgIpc) is 2.61. The summed E-state index contributed by atoms with van der Waals surface area (Å²) in [6.45, 7) is 0. The highest BCUT2D eigenvalue weighted by Gasteiger charge is 2.11. The maximum absolute atomic E-state index is 4.79. The fourth-order valence-electron chi connectivity index (χ4n) is 3.05. The SMILES string of the molecule is c1ccc2c(c1)c1ccccc1c1nc3cnncc3nc21. The quantitative estimate of drug-likeness (QED) is 0.319. The summed E-state index contributed by atoms with van der Waals surface area (Å²) in [4.78, 5) is 9.58. The minimum absolute atomic E-state index is 0.767. The molecule has 3 aromatic carbocycles. The molecule has 4 heteroatoms. The van der Waals surface area contributed by atoms with Crippen LogP contribution in [0.25, 0.3) is 43.6 Å². The molecule has 5 rings (SSSR count). The van der Waals surface area contributed by atoms with E-state index in [1.807, 2.05) is 12.1 Å². The first kappa shape index (κ1) is 11.5. The number of nitrogens with zero attached hydrogens (tertiary/aromatic N) is 4. The summed E-state index contributed by atoms with van der Waals surface area (Å²) >= 11 is 0. The second-order valence-electron chi connectivity index (χ2n) is 5.27. The minimum Gasteiger partial charge on any atom is -0.242 e. The molecule has 0 saturated carbocycles. The van der Waals surface area contributed by atoms with Crippen LogP contribution in [0, 0.1) is 0 Å².